The van der Waals surface area contributed by atoms with Crippen molar-refractivity contribution in [3.05, 3.63) is 121 Å². The van der Waals surface area contributed by atoms with E-state index in [2.05, 4.69) is 35.3 Å². The van der Waals surface area contributed by atoms with Gasteiger partial charge in [0.1, 0.15) is 17.0 Å². The third-order valence-electron chi connectivity index (χ3n) is 7.46. The zero-order valence-corrected chi connectivity index (χ0v) is 20.3. The van der Waals surface area contributed by atoms with Gasteiger partial charge in [-0.25, -0.2) is 4.98 Å². The van der Waals surface area contributed by atoms with Crippen LogP contribution in [0.4, 0.5) is 0 Å². The summed E-state index contributed by atoms with van der Waals surface area (Å²) in [4.78, 5) is 4.60. The number of para-hydroxylation sites is 3. The third-order valence-corrected chi connectivity index (χ3v) is 7.46. The van der Waals surface area contributed by atoms with Crippen molar-refractivity contribution in [2.24, 2.45) is 0 Å². The van der Waals surface area contributed by atoms with Gasteiger partial charge in [0.15, 0.2) is 0 Å². The van der Waals surface area contributed by atoms with Crippen molar-refractivity contribution in [1.82, 2.24) is 9.55 Å². The van der Waals surface area contributed by atoms with E-state index >= 15 is 0 Å². The summed E-state index contributed by atoms with van der Waals surface area (Å²) in [5.41, 5.74) is 5.57. The number of hydrogen-bond donors (Lipinski definition) is 0. The summed E-state index contributed by atoms with van der Waals surface area (Å²) in [5, 5.41) is 5.71. The van der Waals surface area contributed by atoms with Gasteiger partial charge in [0, 0.05) is 34.8 Å². The molecule has 6 aromatic carbocycles. The quantitative estimate of drug-likeness (QED) is 0.230. The number of rotatable bonds is 3. The Balaban J connectivity index is 1.52. The van der Waals surface area contributed by atoms with Crippen LogP contribution in [0, 0.1) is 0 Å². The number of nitrogens with zero attached hydrogens (tertiary/aromatic N) is 2. The second-order valence-corrected chi connectivity index (χ2v) is 9.51. The number of fused-ring (bicyclic) bond motifs is 6. The zero-order valence-electron chi connectivity index (χ0n) is 25.3. The first kappa shape index (κ1) is 16.8. The molecule has 3 heteroatoms. The molecule has 38 heavy (non-hydrogen) atoms. The molecule has 0 aliphatic carbocycles. The molecule has 0 N–H and O–H groups in total. The molecule has 0 aliphatic rings. The number of benzene rings is 6. The average molecular weight is 494 g/mol. The Morgan fingerprint density at radius 1 is 0.684 bits per heavy atom. The molecule has 180 valence electrons. The van der Waals surface area contributed by atoms with Crippen LogP contribution in [-0.2, 0) is 6.37 Å². The average Bonchev–Trinajstić information content (AvgIpc) is 3.58. The summed E-state index contributed by atoms with van der Waals surface area (Å²) in [6.45, 7) is -2.93. The lowest BCUT2D eigenvalue weighted by atomic mass is 9.90. The zero-order chi connectivity index (χ0) is 29.5. The van der Waals surface area contributed by atoms with Crippen LogP contribution in [0.25, 0.3) is 71.3 Å². The van der Waals surface area contributed by atoms with E-state index in [4.69, 9.17) is 11.3 Å². The van der Waals surface area contributed by atoms with Crippen LogP contribution in [0.15, 0.2) is 120 Å². The minimum atomic E-state index is -2.93. The Labute approximate surface area is 226 Å². The van der Waals surface area contributed by atoms with Crippen molar-refractivity contribution in [2.45, 2.75) is 13.2 Å². The molecule has 2 aromatic heterocycles. The molecule has 0 radical (unpaired) electrons. The van der Waals surface area contributed by atoms with Gasteiger partial charge in [-0.3, -0.25) is 4.57 Å². The maximum absolute atomic E-state index is 8.77. The molecule has 0 atom stereocenters. The molecule has 0 fully saturated rings. The first-order valence-corrected chi connectivity index (χ1v) is 12.6. The van der Waals surface area contributed by atoms with Crippen molar-refractivity contribution < 1.29 is 11.3 Å². The first-order chi connectivity index (χ1) is 20.7. The Morgan fingerprint density at radius 3 is 2.08 bits per heavy atom. The fourth-order valence-corrected chi connectivity index (χ4v) is 5.88. The van der Waals surface area contributed by atoms with E-state index in [9.17, 15) is 0 Å². The largest absolute Gasteiger partial charge is 0.456 e. The Morgan fingerprint density at radius 2 is 1.32 bits per heavy atom. The van der Waals surface area contributed by atoms with Crippen LogP contribution in [0.5, 0.6) is 0 Å². The van der Waals surface area contributed by atoms with E-state index < -0.39 is 13.2 Å². The Hall–Kier alpha value is -4.89. The molecule has 0 amide bonds. The number of imidazole rings is 1. The molecule has 8 aromatic rings. The highest BCUT2D eigenvalue weighted by Crippen LogP contribution is 2.43. The number of hydrogen-bond acceptors (Lipinski definition) is 2. The summed E-state index contributed by atoms with van der Waals surface area (Å²) in [7, 11) is 0. The van der Waals surface area contributed by atoms with E-state index in [1.165, 1.54) is 0 Å². The van der Waals surface area contributed by atoms with Crippen molar-refractivity contribution in [2.75, 3.05) is 0 Å². The molecule has 0 spiro atoms. The van der Waals surface area contributed by atoms with Gasteiger partial charge in [-0.05, 0) is 52.2 Å². The molecule has 3 nitrogen and oxygen atoms in total. The van der Waals surface area contributed by atoms with Gasteiger partial charge >= 0.3 is 0 Å². The first-order valence-electron chi connectivity index (χ1n) is 15.1. The molecule has 0 bridgehead atoms. The lowest BCUT2D eigenvalue weighted by Crippen LogP contribution is -2.03. The smallest absolute Gasteiger partial charge is 0.135 e. The van der Waals surface area contributed by atoms with Crippen LogP contribution in [-0.4, -0.2) is 9.55 Å². The summed E-state index contributed by atoms with van der Waals surface area (Å²) in [5.74, 6) is -0.150. The van der Waals surface area contributed by atoms with E-state index in [0.29, 0.717) is 16.7 Å². The molecule has 0 saturated heterocycles. The van der Waals surface area contributed by atoms with Gasteiger partial charge in [-0.2, -0.15) is 0 Å². The highest BCUT2D eigenvalue weighted by atomic mass is 16.3. The highest BCUT2D eigenvalue weighted by molar-refractivity contribution is 6.19. The fraction of sp³-hybridized carbons (Fsp3) is 0.0571. The molecule has 0 aliphatic heterocycles. The van der Waals surface area contributed by atoms with Crippen molar-refractivity contribution in [3.63, 3.8) is 0 Å². The van der Waals surface area contributed by atoms with E-state index in [1.54, 1.807) is 10.6 Å². The molecule has 8 rings (SSSR count). The van der Waals surface area contributed by atoms with E-state index in [-0.39, 0.29) is 5.82 Å². The molecular formula is C35H24N2O. The summed E-state index contributed by atoms with van der Waals surface area (Å²) >= 11 is 0. The second kappa shape index (κ2) is 8.06. The maximum Gasteiger partial charge on any atom is 0.135 e. The standard InChI is InChI=1S/C35H24N2O/c1-2-33-36-29-16-8-9-17-30(29)37(33)35-26-14-5-3-12-24(26)34(25-13-4-6-15-27(25)35)22-19-20-32-28(21-22)23-11-7-10-18-31(23)38-32/h3-21H,2H2,1H3/i1D3,2D2. The molecule has 2 heterocycles. The maximum atomic E-state index is 8.77. The van der Waals surface area contributed by atoms with Crippen molar-refractivity contribution in [3.8, 4) is 16.8 Å². The summed E-state index contributed by atoms with van der Waals surface area (Å²) in [6, 6.07) is 37.6. The lowest BCUT2D eigenvalue weighted by Gasteiger charge is -2.19. The summed E-state index contributed by atoms with van der Waals surface area (Å²) in [6.07, 6.45) is -2.71. The Kier molecular flexibility index (Phi) is 3.56. The van der Waals surface area contributed by atoms with Crippen LogP contribution < -0.4 is 0 Å². The van der Waals surface area contributed by atoms with Crippen LogP contribution in [0.2, 0.25) is 0 Å². The van der Waals surface area contributed by atoms with Gasteiger partial charge in [0.2, 0.25) is 0 Å². The van der Waals surface area contributed by atoms with Crippen LogP contribution in [0.3, 0.4) is 0 Å². The van der Waals surface area contributed by atoms with Gasteiger partial charge < -0.3 is 4.42 Å². The molecule has 0 unspecified atom stereocenters. The normalized spacial score (nSPS) is 14.6. The third kappa shape index (κ3) is 2.93. The van der Waals surface area contributed by atoms with Crippen LogP contribution in [0.1, 0.15) is 19.5 Å². The second-order valence-electron chi connectivity index (χ2n) is 9.51. The van der Waals surface area contributed by atoms with Crippen molar-refractivity contribution >= 4 is 54.5 Å². The topological polar surface area (TPSA) is 31.0 Å². The van der Waals surface area contributed by atoms with Gasteiger partial charge in [-0.15, -0.1) is 0 Å². The van der Waals surface area contributed by atoms with Crippen molar-refractivity contribution in [1.29, 1.82) is 0 Å². The predicted octanol–water partition coefficient (Wildman–Crippen LogP) is 9.46. The SMILES string of the molecule is [2H]C([2H])([2H])C([2H])([2H])c1nc2ccccc2n1-c1c2ccccc2c(-c2ccc3oc4ccccc4c3c2)c2ccccc12. The summed E-state index contributed by atoms with van der Waals surface area (Å²) < 4.78 is 49.6. The monoisotopic (exact) mass is 493 g/mol. The van der Waals surface area contributed by atoms with Crippen LogP contribution >= 0.6 is 0 Å². The minimum absolute atomic E-state index is 0.150. The van der Waals surface area contributed by atoms with E-state index in [1.807, 2.05) is 78.9 Å². The van der Waals surface area contributed by atoms with Gasteiger partial charge in [-0.1, -0.05) is 91.8 Å². The minimum Gasteiger partial charge on any atom is -0.456 e. The van der Waals surface area contributed by atoms with E-state index in [0.717, 1.165) is 54.6 Å². The number of furan rings is 1. The lowest BCUT2D eigenvalue weighted by molar-refractivity contribution is 0.669. The highest BCUT2D eigenvalue weighted by Gasteiger charge is 2.20. The van der Waals surface area contributed by atoms with Gasteiger partial charge in [0.25, 0.3) is 0 Å². The number of aromatic nitrogens is 2. The number of aryl methyl sites for hydroxylation is 1. The van der Waals surface area contributed by atoms with Gasteiger partial charge in [0.05, 0.1) is 16.7 Å². The predicted molar refractivity (Wildman–Crippen MR) is 158 cm³/mol. The molecular weight excluding hydrogens is 464 g/mol. The Bertz CT molecular complexity index is 2330. The molecule has 0 saturated carbocycles. The fourth-order valence-electron chi connectivity index (χ4n) is 5.88.